The van der Waals surface area contributed by atoms with Crippen molar-refractivity contribution in [1.82, 2.24) is 9.80 Å². The first kappa shape index (κ1) is 18.3. The second kappa shape index (κ2) is 6.99. The summed E-state index contributed by atoms with van der Waals surface area (Å²) >= 11 is 0. The molecule has 1 saturated heterocycles. The quantitative estimate of drug-likeness (QED) is 0.792. The van der Waals surface area contributed by atoms with Crippen LogP contribution in [0.4, 0.5) is 4.79 Å². The van der Waals surface area contributed by atoms with Crippen molar-refractivity contribution in [2.24, 2.45) is 5.92 Å². The zero-order valence-corrected chi connectivity index (χ0v) is 15.0. The number of likely N-dealkylation sites (tertiary alicyclic amines) is 1. The van der Waals surface area contributed by atoms with E-state index < -0.39 is 5.60 Å². The Labute approximate surface area is 130 Å². The Balaban J connectivity index is 2.91. The van der Waals surface area contributed by atoms with Crippen LogP contribution in [0.1, 0.15) is 61.3 Å². The normalized spacial score (nSPS) is 23.8. The van der Waals surface area contributed by atoms with E-state index in [9.17, 15) is 4.79 Å². The molecule has 1 heterocycles. The second-order valence-electron chi connectivity index (χ2n) is 7.44. The van der Waals surface area contributed by atoms with E-state index in [0.29, 0.717) is 5.92 Å². The maximum Gasteiger partial charge on any atom is 0.410 e. The lowest BCUT2D eigenvalue weighted by Crippen LogP contribution is -2.62. The van der Waals surface area contributed by atoms with Crippen LogP contribution in [-0.4, -0.2) is 53.2 Å². The van der Waals surface area contributed by atoms with E-state index >= 15 is 0 Å². The number of ether oxygens (including phenoxy) is 1. The van der Waals surface area contributed by atoms with E-state index in [-0.39, 0.29) is 11.6 Å². The minimum absolute atomic E-state index is 0.0820. The number of piperidine rings is 1. The topological polar surface area (TPSA) is 32.8 Å². The molecule has 0 aromatic rings. The van der Waals surface area contributed by atoms with Crippen molar-refractivity contribution in [1.29, 1.82) is 0 Å². The van der Waals surface area contributed by atoms with Gasteiger partial charge in [0, 0.05) is 18.6 Å². The minimum atomic E-state index is -0.426. The molecule has 0 aromatic heterocycles. The molecular weight excluding hydrogens is 264 g/mol. The third-order valence-electron chi connectivity index (χ3n) is 4.62. The Bertz CT molecular complexity index is 345. The molecular formula is C17H34N2O2. The molecule has 1 fully saturated rings. The summed E-state index contributed by atoms with van der Waals surface area (Å²) in [5, 5.41) is 0. The van der Waals surface area contributed by atoms with Gasteiger partial charge < -0.3 is 9.64 Å². The molecule has 1 aliphatic heterocycles. The lowest BCUT2D eigenvalue weighted by Gasteiger charge is -2.51. The molecule has 1 amide bonds. The fourth-order valence-corrected chi connectivity index (χ4v) is 3.49. The fraction of sp³-hybridized carbons (Fsp3) is 0.941. The van der Waals surface area contributed by atoms with E-state index in [0.717, 1.165) is 39.0 Å². The van der Waals surface area contributed by atoms with Crippen molar-refractivity contribution in [3.63, 3.8) is 0 Å². The van der Waals surface area contributed by atoms with E-state index in [1.165, 1.54) is 0 Å². The maximum atomic E-state index is 12.4. The molecule has 1 unspecified atom stereocenters. The molecule has 124 valence electrons. The summed E-state index contributed by atoms with van der Waals surface area (Å²) in [4.78, 5) is 16.8. The second-order valence-corrected chi connectivity index (χ2v) is 7.44. The highest BCUT2D eigenvalue weighted by Gasteiger charge is 2.43. The van der Waals surface area contributed by atoms with E-state index in [1.54, 1.807) is 0 Å². The summed E-state index contributed by atoms with van der Waals surface area (Å²) in [6.07, 6.45) is 2.04. The van der Waals surface area contributed by atoms with Crippen LogP contribution in [0.3, 0.4) is 0 Å². The first-order valence-electron chi connectivity index (χ1n) is 8.39. The standard InChI is InChI=1S/C17H34N2O2/c1-8-19(9-2)17(14(3)4)11-10-12-18(13-17)15(20)21-16(5,6)7/h14H,8-13H2,1-7H3. The fourth-order valence-electron chi connectivity index (χ4n) is 3.49. The number of hydrogen-bond donors (Lipinski definition) is 0. The van der Waals surface area contributed by atoms with Gasteiger partial charge in [0.15, 0.2) is 0 Å². The van der Waals surface area contributed by atoms with Crippen molar-refractivity contribution in [3.8, 4) is 0 Å². The Kier molecular flexibility index (Phi) is 6.09. The minimum Gasteiger partial charge on any atom is -0.444 e. The highest BCUT2D eigenvalue weighted by atomic mass is 16.6. The maximum absolute atomic E-state index is 12.4. The Morgan fingerprint density at radius 1 is 1.29 bits per heavy atom. The van der Waals surface area contributed by atoms with Gasteiger partial charge in [-0.3, -0.25) is 4.90 Å². The van der Waals surface area contributed by atoms with Crippen LogP contribution < -0.4 is 0 Å². The van der Waals surface area contributed by atoms with Crippen LogP contribution in [-0.2, 0) is 4.74 Å². The third kappa shape index (κ3) is 4.35. The van der Waals surface area contributed by atoms with Gasteiger partial charge in [-0.15, -0.1) is 0 Å². The van der Waals surface area contributed by atoms with Crippen LogP contribution >= 0.6 is 0 Å². The van der Waals surface area contributed by atoms with Crippen molar-refractivity contribution in [2.45, 2.75) is 72.4 Å². The van der Waals surface area contributed by atoms with Crippen LogP contribution in [0.15, 0.2) is 0 Å². The van der Waals surface area contributed by atoms with Gasteiger partial charge in [0.1, 0.15) is 5.60 Å². The van der Waals surface area contributed by atoms with Gasteiger partial charge in [-0.25, -0.2) is 4.79 Å². The molecule has 4 heteroatoms. The number of carbonyl (C=O) groups is 1. The van der Waals surface area contributed by atoms with Gasteiger partial charge in [0.05, 0.1) is 0 Å². The predicted octanol–water partition coefficient (Wildman–Crippen LogP) is 3.75. The number of likely N-dealkylation sites (N-methyl/N-ethyl adjacent to an activating group) is 1. The predicted molar refractivity (Wildman–Crippen MR) is 87.5 cm³/mol. The molecule has 21 heavy (non-hydrogen) atoms. The van der Waals surface area contributed by atoms with Crippen LogP contribution in [0.25, 0.3) is 0 Å². The molecule has 0 spiro atoms. The molecule has 0 N–H and O–H groups in total. The van der Waals surface area contributed by atoms with Crippen molar-refractivity contribution < 1.29 is 9.53 Å². The summed E-state index contributed by atoms with van der Waals surface area (Å²) in [7, 11) is 0. The van der Waals surface area contributed by atoms with Gasteiger partial charge in [-0.05, 0) is 52.6 Å². The Morgan fingerprint density at radius 3 is 2.29 bits per heavy atom. The summed E-state index contributed by atoms with van der Waals surface area (Å²) in [5.41, 5.74) is -0.344. The number of hydrogen-bond acceptors (Lipinski definition) is 3. The summed E-state index contributed by atoms with van der Waals surface area (Å²) in [5.74, 6) is 0.516. The van der Waals surface area contributed by atoms with Gasteiger partial charge in [0.2, 0.25) is 0 Å². The first-order chi connectivity index (χ1) is 9.66. The van der Waals surface area contributed by atoms with Gasteiger partial charge in [-0.2, -0.15) is 0 Å². The largest absolute Gasteiger partial charge is 0.444 e. The highest BCUT2D eigenvalue weighted by molar-refractivity contribution is 5.68. The summed E-state index contributed by atoms with van der Waals surface area (Å²) < 4.78 is 5.57. The SMILES string of the molecule is CCN(CC)C1(C(C)C)CCCN(C(=O)OC(C)(C)C)C1. The van der Waals surface area contributed by atoms with Crippen LogP contribution in [0, 0.1) is 5.92 Å². The summed E-state index contributed by atoms with van der Waals surface area (Å²) in [6.45, 7) is 18.4. The molecule has 0 radical (unpaired) electrons. The molecule has 0 saturated carbocycles. The zero-order valence-electron chi connectivity index (χ0n) is 15.0. The zero-order chi connectivity index (χ0) is 16.3. The van der Waals surface area contributed by atoms with E-state index in [4.69, 9.17) is 4.74 Å². The molecule has 1 rings (SSSR count). The van der Waals surface area contributed by atoms with Gasteiger partial charge >= 0.3 is 6.09 Å². The van der Waals surface area contributed by atoms with E-state index in [2.05, 4.69) is 32.6 Å². The average molecular weight is 298 g/mol. The molecule has 1 aliphatic rings. The van der Waals surface area contributed by atoms with Gasteiger partial charge in [0.25, 0.3) is 0 Å². The molecule has 4 nitrogen and oxygen atoms in total. The average Bonchev–Trinajstić information content (AvgIpc) is 2.38. The number of carbonyl (C=O) groups excluding carboxylic acids is 1. The van der Waals surface area contributed by atoms with E-state index in [1.807, 2.05) is 25.7 Å². The molecule has 1 atom stereocenters. The number of nitrogens with zero attached hydrogens (tertiary/aromatic N) is 2. The smallest absolute Gasteiger partial charge is 0.410 e. The van der Waals surface area contributed by atoms with Crippen molar-refractivity contribution in [2.75, 3.05) is 26.2 Å². The number of amides is 1. The molecule has 0 aliphatic carbocycles. The monoisotopic (exact) mass is 298 g/mol. The molecule has 0 aromatic carbocycles. The Morgan fingerprint density at radius 2 is 1.86 bits per heavy atom. The van der Waals surface area contributed by atoms with Crippen molar-refractivity contribution in [3.05, 3.63) is 0 Å². The molecule has 0 bridgehead atoms. The van der Waals surface area contributed by atoms with Crippen LogP contribution in [0.2, 0.25) is 0 Å². The lowest BCUT2D eigenvalue weighted by atomic mass is 9.77. The lowest BCUT2D eigenvalue weighted by molar-refractivity contribution is -0.0322. The number of rotatable bonds is 4. The highest BCUT2D eigenvalue weighted by Crippen LogP contribution is 2.35. The first-order valence-corrected chi connectivity index (χ1v) is 8.39. The van der Waals surface area contributed by atoms with Crippen LogP contribution in [0.5, 0.6) is 0 Å². The Hall–Kier alpha value is -0.770. The third-order valence-corrected chi connectivity index (χ3v) is 4.62. The van der Waals surface area contributed by atoms with Gasteiger partial charge in [-0.1, -0.05) is 27.7 Å². The van der Waals surface area contributed by atoms with Crippen molar-refractivity contribution >= 4 is 6.09 Å². The summed E-state index contributed by atoms with van der Waals surface area (Å²) in [6, 6.07) is 0.